The molecule has 2 heteroatoms. The summed E-state index contributed by atoms with van der Waals surface area (Å²) in [6.45, 7) is 10.6. The molecule has 14 heavy (non-hydrogen) atoms. The van der Waals surface area contributed by atoms with E-state index in [4.69, 9.17) is 3.79 Å². The van der Waals surface area contributed by atoms with Crippen molar-refractivity contribution in [1.82, 2.24) is 0 Å². The molecule has 1 unspecified atom stereocenters. The molecule has 0 aromatic heterocycles. The van der Waals surface area contributed by atoms with Crippen LogP contribution in [0.15, 0.2) is 0 Å². The first-order valence-electron chi connectivity index (χ1n) is 6.20. The van der Waals surface area contributed by atoms with E-state index in [1.807, 2.05) is 0 Å². The summed E-state index contributed by atoms with van der Waals surface area (Å²) in [6, 6.07) is 0. The first-order chi connectivity index (χ1) is 6.59. The highest BCUT2D eigenvalue weighted by atomic mass is 27.2. The monoisotopic (exact) mass is 212 g/mol. The second-order valence-corrected chi connectivity index (χ2v) is 8.74. The van der Waals surface area contributed by atoms with Gasteiger partial charge < -0.3 is 3.79 Å². The molecule has 0 saturated carbocycles. The van der Waals surface area contributed by atoms with Crippen molar-refractivity contribution < 1.29 is 3.79 Å². The van der Waals surface area contributed by atoms with Crippen LogP contribution < -0.4 is 0 Å². The summed E-state index contributed by atoms with van der Waals surface area (Å²) in [5, 5.41) is 1.40. The average Bonchev–Trinajstić information content (AvgIpc) is 2.19. The van der Waals surface area contributed by atoms with Crippen LogP contribution in [-0.2, 0) is 3.79 Å². The van der Waals surface area contributed by atoms with Gasteiger partial charge in [0.05, 0.1) is 0 Å². The molecule has 1 nitrogen and oxygen atoms in total. The summed E-state index contributed by atoms with van der Waals surface area (Å²) in [4.78, 5) is 0. The standard InChI is InChI=1S/C8H17.C4H8O.Al/c1-5-6-8(4)7(2)3;1-2-3-4-5;/h8H,5-6H2,1-4H3;1-4H2;/q;-1;+1. The topological polar surface area (TPSA) is 9.23 Å². The summed E-state index contributed by atoms with van der Waals surface area (Å²) in [7, 11) is 0. The number of hydrogen-bond acceptors (Lipinski definition) is 1. The van der Waals surface area contributed by atoms with E-state index in [1.54, 1.807) is 0 Å². The van der Waals surface area contributed by atoms with Crippen molar-refractivity contribution in [1.29, 1.82) is 0 Å². The molecular formula is C12H25AlO. The summed E-state index contributed by atoms with van der Waals surface area (Å²) in [5.74, 6) is 0.835. The van der Waals surface area contributed by atoms with Gasteiger partial charge in [0.1, 0.15) is 0 Å². The lowest BCUT2D eigenvalue weighted by molar-refractivity contribution is 0.246. The molecular weight excluding hydrogens is 187 g/mol. The highest BCUT2D eigenvalue weighted by Crippen LogP contribution is 2.43. The Hall–Kier alpha value is 0.492. The van der Waals surface area contributed by atoms with E-state index >= 15 is 0 Å². The zero-order chi connectivity index (χ0) is 10.6. The van der Waals surface area contributed by atoms with Crippen LogP contribution in [-0.4, -0.2) is 21.1 Å². The summed E-state index contributed by atoms with van der Waals surface area (Å²) in [6.07, 6.45) is 5.38. The molecule has 1 rings (SSSR count). The summed E-state index contributed by atoms with van der Waals surface area (Å²) < 4.78 is 6.55. The van der Waals surface area contributed by atoms with Gasteiger partial charge in [-0.15, -0.1) is 0 Å². The number of rotatable bonds is 4. The van der Waals surface area contributed by atoms with Gasteiger partial charge in [-0.2, -0.15) is 0 Å². The van der Waals surface area contributed by atoms with Crippen molar-refractivity contribution in [3.63, 3.8) is 0 Å². The number of hydrogen-bond donors (Lipinski definition) is 0. The molecule has 1 atom stereocenters. The van der Waals surface area contributed by atoms with Crippen molar-refractivity contribution in [2.45, 2.75) is 62.9 Å². The second kappa shape index (κ2) is 5.54. The van der Waals surface area contributed by atoms with Gasteiger partial charge in [0.2, 0.25) is 0 Å². The molecule has 0 amide bonds. The molecule has 0 aliphatic carbocycles. The van der Waals surface area contributed by atoms with Crippen molar-refractivity contribution >= 4 is 14.5 Å². The molecule has 0 aromatic rings. The third-order valence-electron chi connectivity index (χ3n) is 4.00. The molecule has 1 saturated heterocycles. The third-order valence-corrected chi connectivity index (χ3v) is 7.80. The van der Waals surface area contributed by atoms with Crippen LogP contribution in [0.25, 0.3) is 0 Å². The van der Waals surface area contributed by atoms with E-state index < -0.39 is 14.5 Å². The molecule has 0 aromatic carbocycles. The normalized spacial score (nSPS) is 21.0. The van der Waals surface area contributed by atoms with Crippen molar-refractivity contribution in [2.24, 2.45) is 5.92 Å². The predicted molar refractivity (Wildman–Crippen MR) is 63.9 cm³/mol. The Labute approximate surface area is 93.9 Å². The van der Waals surface area contributed by atoms with Crippen LogP contribution in [0.1, 0.15) is 53.4 Å². The SMILES string of the molecule is CCCC(C)[C](C)(C)[Al]1[CH2]CCC[O]1. The minimum absolute atomic E-state index is 0.496. The van der Waals surface area contributed by atoms with Gasteiger partial charge in [-0.25, -0.2) is 0 Å². The van der Waals surface area contributed by atoms with Gasteiger partial charge in [-0.1, -0.05) is 52.2 Å². The molecule has 1 aliphatic rings. The second-order valence-electron chi connectivity index (χ2n) is 5.37. The van der Waals surface area contributed by atoms with Crippen LogP contribution in [0, 0.1) is 5.92 Å². The predicted octanol–water partition coefficient (Wildman–Crippen LogP) is 4.00. The van der Waals surface area contributed by atoms with Crippen LogP contribution in [0.2, 0.25) is 9.56 Å². The fraction of sp³-hybridized carbons (Fsp3) is 1.00. The Morgan fingerprint density at radius 3 is 2.57 bits per heavy atom. The fourth-order valence-corrected chi connectivity index (χ4v) is 5.70. The van der Waals surface area contributed by atoms with Crippen molar-refractivity contribution in [3.05, 3.63) is 0 Å². The molecule has 1 fully saturated rings. The molecule has 0 radical (unpaired) electrons. The van der Waals surface area contributed by atoms with E-state index in [1.165, 1.54) is 31.0 Å². The van der Waals surface area contributed by atoms with Gasteiger partial charge in [0.15, 0.2) is 0 Å². The zero-order valence-corrected chi connectivity index (χ0v) is 11.5. The lowest BCUT2D eigenvalue weighted by Gasteiger charge is -2.37. The van der Waals surface area contributed by atoms with Crippen LogP contribution in [0.5, 0.6) is 0 Å². The Morgan fingerprint density at radius 2 is 2.07 bits per heavy atom. The van der Waals surface area contributed by atoms with E-state index in [0.29, 0.717) is 4.28 Å². The first-order valence-corrected chi connectivity index (χ1v) is 8.07. The van der Waals surface area contributed by atoms with Crippen molar-refractivity contribution in [3.8, 4) is 0 Å². The average molecular weight is 212 g/mol. The molecule has 1 aliphatic heterocycles. The lowest BCUT2D eigenvalue weighted by Crippen LogP contribution is -2.38. The summed E-state index contributed by atoms with van der Waals surface area (Å²) in [5.41, 5.74) is 0. The van der Waals surface area contributed by atoms with E-state index in [-0.39, 0.29) is 0 Å². The smallest absolute Gasteiger partial charge is 0.467 e. The summed E-state index contributed by atoms with van der Waals surface area (Å²) >= 11 is -0.925. The van der Waals surface area contributed by atoms with Crippen molar-refractivity contribution in [2.75, 3.05) is 6.61 Å². The maximum absolute atomic E-state index is 6.05. The molecule has 1 heterocycles. The van der Waals surface area contributed by atoms with Crippen LogP contribution in [0.4, 0.5) is 0 Å². The lowest BCUT2D eigenvalue weighted by atomic mass is 9.92. The Balaban J connectivity index is 2.52. The Kier molecular flexibility index (Phi) is 4.97. The van der Waals surface area contributed by atoms with Gasteiger partial charge in [0.25, 0.3) is 0 Å². The molecule has 0 spiro atoms. The van der Waals surface area contributed by atoms with Gasteiger partial charge in [-0.3, -0.25) is 0 Å². The first kappa shape index (κ1) is 12.6. The maximum Gasteiger partial charge on any atom is 0.467 e. The van der Waals surface area contributed by atoms with E-state index in [9.17, 15) is 0 Å². The molecule has 82 valence electrons. The zero-order valence-electron chi connectivity index (χ0n) is 10.3. The minimum atomic E-state index is -0.925. The van der Waals surface area contributed by atoms with Crippen LogP contribution in [0.3, 0.4) is 0 Å². The Bertz CT molecular complexity index is 162. The third kappa shape index (κ3) is 2.99. The van der Waals surface area contributed by atoms with E-state index in [0.717, 1.165) is 12.5 Å². The maximum atomic E-state index is 6.05. The van der Waals surface area contributed by atoms with Gasteiger partial charge in [-0.05, 0) is 16.6 Å². The highest BCUT2D eigenvalue weighted by Gasteiger charge is 2.42. The minimum Gasteiger partial charge on any atom is -0.500 e. The quantitative estimate of drug-likeness (QED) is 0.640. The van der Waals surface area contributed by atoms with Gasteiger partial charge in [0, 0.05) is 6.61 Å². The molecule has 0 bridgehead atoms. The highest BCUT2D eigenvalue weighted by molar-refractivity contribution is 6.55. The fourth-order valence-electron chi connectivity index (χ4n) is 2.45. The molecule has 0 N–H and O–H groups in total. The van der Waals surface area contributed by atoms with E-state index in [2.05, 4.69) is 27.7 Å². The van der Waals surface area contributed by atoms with Gasteiger partial charge >= 0.3 is 14.5 Å². The Morgan fingerprint density at radius 1 is 1.36 bits per heavy atom. The largest absolute Gasteiger partial charge is 0.500 e. The van der Waals surface area contributed by atoms with Crippen LogP contribution >= 0.6 is 0 Å².